The molecule has 1 N–H and O–H groups in total. The number of nitrogens with zero attached hydrogens (tertiary/aromatic N) is 1. The van der Waals surface area contributed by atoms with Gasteiger partial charge in [-0.2, -0.15) is 0 Å². The van der Waals surface area contributed by atoms with E-state index in [0.29, 0.717) is 6.04 Å². The first kappa shape index (κ1) is 11.4. The summed E-state index contributed by atoms with van der Waals surface area (Å²) in [6.45, 7) is 2.92. The van der Waals surface area contributed by atoms with Gasteiger partial charge in [0.25, 0.3) is 0 Å². The largest absolute Gasteiger partial charge is 0.385 e. The Morgan fingerprint density at radius 1 is 1.50 bits per heavy atom. The summed E-state index contributed by atoms with van der Waals surface area (Å²) in [6.07, 6.45) is 2.84. The summed E-state index contributed by atoms with van der Waals surface area (Å²) < 4.78 is 6.34. The smallest absolute Gasteiger partial charge is 0.134 e. The molecule has 1 atom stereocenters. The predicted molar refractivity (Wildman–Crippen MR) is 69.2 cm³/mol. The molecule has 0 bridgehead atoms. The van der Waals surface area contributed by atoms with Gasteiger partial charge in [0.1, 0.15) is 5.82 Å². The monoisotopic (exact) mass is 236 g/mol. The fourth-order valence-corrected chi connectivity index (χ4v) is 2.39. The molecule has 0 aliphatic heterocycles. The van der Waals surface area contributed by atoms with Gasteiger partial charge >= 0.3 is 0 Å². The molecule has 3 nitrogen and oxygen atoms in total. The lowest BCUT2D eigenvalue weighted by Gasteiger charge is -2.14. The molecule has 4 heteroatoms. The summed E-state index contributed by atoms with van der Waals surface area (Å²) in [6, 6.07) is 4.53. The average Bonchev–Trinajstić information content (AvgIpc) is 2.75. The first-order chi connectivity index (χ1) is 7.81. The Kier molecular flexibility index (Phi) is 3.74. The van der Waals surface area contributed by atoms with Crippen molar-refractivity contribution in [2.24, 2.45) is 0 Å². The van der Waals surface area contributed by atoms with Gasteiger partial charge in [0.2, 0.25) is 0 Å². The summed E-state index contributed by atoms with van der Waals surface area (Å²) in [5.41, 5.74) is 0. The van der Waals surface area contributed by atoms with E-state index in [2.05, 4.69) is 28.7 Å². The minimum absolute atomic E-state index is 0.373. The maximum absolute atomic E-state index is 5.06. The minimum Gasteiger partial charge on any atom is -0.385 e. The molecule has 0 fully saturated rings. The normalized spacial score (nSPS) is 12.9. The molecule has 0 saturated carbocycles. The lowest BCUT2D eigenvalue weighted by atomic mass is 10.2. The summed E-state index contributed by atoms with van der Waals surface area (Å²) in [4.78, 5) is 4.38. The van der Waals surface area contributed by atoms with E-state index in [1.165, 1.54) is 10.1 Å². The Morgan fingerprint density at radius 2 is 2.38 bits per heavy atom. The second-order valence-electron chi connectivity index (χ2n) is 3.82. The van der Waals surface area contributed by atoms with E-state index < -0.39 is 0 Å². The van der Waals surface area contributed by atoms with Gasteiger partial charge in [-0.1, -0.05) is 0 Å². The zero-order valence-electron chi connectivity index (χ0n) is 9.56. The standard InChI is InChI=1S/C12H16N2OS/c1-9(4-7-15-2)14-12-10-5-8-16-11(10)3-6-13-12/h3,5-6,8-9H,4,7H2,1-2H3,(H,13,14). The molecule has 0 aliphatic carbocycles. The third-order valence-corrected chi connectivity index (χ3v) is 3.40. The van der Waals surface area contributed by atoms with E-state index >= 15 is 0 Å². The number of pyridine rings is 1. The summed E-state index contributed by atoms with van der Waals surface area (Å²) in [7, 11) is 1.73. The third kappa shape index (κ3) is 2.51. The van der Waals surface area contributed by atoms with Crippen molar-refractivity contribution in [3.05, 3.63) is 23.7 Å². The Morgan fingerprint density at radius 3 is 3.19 bits per heavy atom. The number of fused-ring (bicyclic) bond motifs is 1. The molecule has 2 rings (SSSR count). The first-order valence-electron chi connectivity index (χ1n) is 5.39. The average molecular weight is 236 g/mol. The maximum Gasteiger partial charge on any atom is 0.134 e. The second kappa shape index (κ2) is 5.27. The Balaban J connectivity index is 2.11. The molecule has 0 radical (unpaired) electrons. The number of thiophene rings is 1. The van der Waals surface area contributed by atoms with Gasteiger partial charge in [-0.25, -0.2) is 4.98 Å². The number of anilines is 1. The van der Waals surface area contributed by atoms with E-state index in [9.17, 15) is 0 Å². The zero-order valence-corrected chi connectivity index (χ0v) is 10.4. The van der Waals surface area contributed by atoms with E-state index in [0.717, 1.165) is 18.8 Å². The summed E-state index contributed by atoms with van der Waals surface area (Å²) >= 11 is 1.74. The molecule has 86 valence electrons. The summed E-state index contributed by atoms with van der Waals surface area (Å²) in [5, 5.41) is 6.72. The van der Waals surface area contributed by atoms with Gasteiger partial charge in [0, 0.05) is 36.0 Å². The maximum atomic E-state index is 5.06. The van der Waals surface area contributed by atoms with Gasteiger partial charge < -0.3 is 10.1 Å². The number of rotatable bonds is 5. The van der Waals surface area contributed by atoms with E-state index in [4.69, 9.17) is 4.74 Å². The second-order valence-corrected chi connectivity index (χ2v) is 4.77. The van der Waals surface area contributed by atoms with Crippen molar-refractivity contribution in [2.75, 3.05) is 19.0 Å². The van der Waals surface area contributed by atoms with Crippen LogP contribution in [0.1, 0.15) is 13.3 Å². The molecule has 0 amide bonds. The van der Waals surface area contributed by atoms with Crippen LogP contribution in [0.3, 0.4) is 0 Å². The molecule has 0 aliphatic rings. The number of hydrogen-bond donors (Lipinski definition) is 1. The van der Waals surface area contributed by atoms with Crippen molar-refractivity contribution in [1.29, 1.82) is 0 Å². The molecule has 16 heavy (non-hydrogen) atoms. The number of aromatic nitrogens is 1. The first-order valence-corrected chi connectivity index (χ1v) is 6.27. The van der Waals surface area contributed by atoms with Crippen LogP contribution in [0.2, 0.25) is 0 Å². The lowest BCUT2D eigenvalue weighted by molar-refractivity contribution is 0.191. The Bertz CT molecular complexity index is 455. The van der Waals surface area contributed by atoms with Crippen molar-refractivity contribution in [3.63, 3.8) is 0 Å². The highest BCUT2D eigenvalue weighted by atomic mass is 32.1. The topological polar surface area (TPSA) is 34.1 Å². The fourth-order valence-electron chi connectivity index (χ4n) is 1.61. The molecule has 1 unspecified atom stereocenters. The van der Waals surface area contributed by atoms with Crippen molar-refractivity contribution in [2.45, 2.75) is 19.4 Å². The highest BCUT2D eigenvalue weighted by molar-refractivity contribution is 7.17. The Hall–Kier alpha value is -1.13. The molecule has 2 aromatic heterocycles. The van der Waals surface area contributed by atoms with Crippen molar-refractivity contribution in [3.8, 4) is 0 Å². The van der Waals surface area contributed by atoms with Crippen LogP contribution in [-0.2, 0) is 4.74 Å². The summed E-state index contributed by atoms with van der Waals surface area (Å²) in [5.74, 6) is 0.974. The zero-order chi connectivity index (χ0) is 11.4. The van der Waals surface area contributed by atoms with Crippen molar-refractivity contribution < 1.29 is 4.74 Å². The number of nitrogens with one attached hydrogen (secondary N) is 1. The highest BCUT2D eigenvalue weighted by Crippen LogP contribution is 2.26. The third-order valence-electron chi connectivity index (χ3n) is 2.52. The lowest BCUT2D eigenvalue weighted by Crippen LogP contribution is -2.17. The molecule has 2 heterocycles. The number of hydrogen-bond acceptors (Lipinski definition) is 4. The van der Waals surface area contributed by atoms with Gasteiger partial charge in [-0.3, -0.25) is 0 Å². The minimum atomic E-state index is 0.373. The van der Waals surface area contributed by atoms with Gasteiger partial charge in [-0.15, -0.1) is 11.3 Å². The van der Waals surface area contributed by atoms with Crippen LogP contribution >= 0.6 is 11.3 Å². The molecule has 0 spiro atoms. The predicted octanol–water partition coefficient (Wildman–Crippen LogP) is 3.13. The fraction of sp³-hybridized carbons (Fsp3) is 0.417. The van der Waals surface area contributed by atoms with Crippen LogP contribution in [0.4, 0.5) is 5.82 Å². The van der Waals surface area contributed by atoms with Crippen LogP contribution in [0.15, 0.2) is 23.7 Å². The Labute approximate surface area is 99.5 Å². The van der Waals surface area contributed by atoms with Crippen LogP contribution in [0.5, 0.6) is 0 Å². The van der Waals surface area contributed by atoms with E-state index in [1.54, 1.807) is 18.4 Å². The molecular weight excluding hydrogens is 220 g/mol. The van der Waals surface area contributed by atoms with Crippen LogP contribution in [0, 0.1) is 0 Å². The van der Waals surface area contributed by atoms with Crippen LogP contribution < -0.4 is 5.32 Å². The van der Waals surface area contributed by atoms with Gasteiger partial charge in [0.15, 0.2) is 0 Å². The highest BCUT2D eigenvalue weighted by Gasteiger charge is 2.06. The number of methoxy groups -OCH3 is 1. The molecule has 0 aromatic carbocycles. The molecule has 2 aromatic rings. The molecular formula is C12H16N2OS. The van der Waals surface area contributed by atoms with E-state index in [1.807, 2.05) is 12.3 Å². The van der Waals surface area contributed by atoms with Gasteiger partial charge in [-0.05, 0) is 30.9 Å². The van der Waals surface area contributed by atoms with Crippen molar-refractivity contribution >= 4 is 27.2 Å². The van der Waals surface area contributed by atoms with Crippen LogP contribution in [0.25, 0.3) is 10.1 Å². The van der Waals surface area contributed by atoms with Crippen LogP contribution in [-0.4, -0.2) is 24.7 Å². The number of ether oxygens (including phenoxy) is 1. The van der Waals surface area contributed by atoms with E-state index in [-0.39, 0.29) is 0 Å². The molecule has 0 saturated heterocycles. The SMILES string of the molecule is COCCC(C)Nc1nccc2sccc12. The van der Waals surface area contributed by atoms with Crippen molar-refractivity contribution in [1.82, 2.24) is 4.98 Å². The quantitative estimate of drug-likeness (QED) is 0.866. The van der Waals surface area contributed by atoms with Gasteiger partial charge in [0.05, 0.1) is 0 Å².